The molecular formula is C39H57N5O8. The molecule has 0 fully saturated rings. The van der Waals surface area contributed by atoms with Gasteiger partial charge in [-0.2, -0.15) is 0 Å². The van der Waals surface area contributed by atoms with Gasteiger partial charge in [-0.1, -0.05) is 84.9 Å². The number of ketones is 1. The standard InChI is InChI=1S/C39H57N5O8/c1-24(2)29(23-25(3)34(48)41-28(37(51)52)19-18-27(45)17-14-22-44-30(46)20-21-31(44)47)43(10)36(50)33(38(4,5)6)42-35(49)32(40-9)39(7,8)26-15-12-11-13-16-26/h11-13,15-16,20-21,23-24,28-29,32-33,40H,14,17-19,22H2,1-10H3,(H,41,48)(H,42,49)(H,51,52)/b25-23+/t28-,29-,32-,33-/m1/s1. The van der Waals surface area contributed by atoms with Crippen molar-refractivity contribution in [2.24, 2.45) is 11.3 Å². The van der Waals surface area contributed by atoms with E-state index in [1.807, 2.05) is 78.8 Å². The summed E-state index contributed by atoms with van der Waals surface area (Å²) in [5.41, 5.74) is -0.152. The molecule has 286 valence electrons. The first-order valence-corrected chi connectivity index (χ1v) is 17.7. The molecule has 0 radical (unpaired) electrons. The summed E-state index contributed by atoms with van der Waals surface area (Å²) < 4.78 is 0. The minimum atomic E-state index is -1.34. The van der Waals surface area contributed by atoms with Crippen LogP contribution in [0.5, 0.6) is 0 Å². The van der Waals surface area contributed by atoms with Crippen molar-refractivity contribution in [3.05, 3.63) is 59.7 Å². The molecule has 0 unspecified atom stereocenters. The van der Waals surface area contributed by atoms with Gasteiger partial charge in [-0.3, -0.25) is 33.7 Å². The Balaban J connectivity index is 2.14. The van der Waals surface area contributed by atoms with Crippen LogP contribution >= 0.6 is 0 Å². The van der Waals surface area contributed by atoms with Crippen LogP contribution in [-0.2, 0) is 39.0 Å². The summed E-state index contributed by atoms with van der Waals surface area (Å²) in [5, 5.41) is 18.4. The number of benzene rings is 1. The third-order valence-corrected chi connectivity index (χ3v) is 9.50. The molecule has 0 spiro atoms. The fraction of sp³-hybridized carbons (Fsp3) is 0.564. The van der Waals surface area contributed by atoms with E-state index in [4.69, 9.17) is 0 Å². The lowest BCUT2D eigenvalue weighted by Crippen LogP contribution is -2.61. The Morgan fingerprint density at radius 1 is 0.904 bits per heavy atom. The molecule has 0 bridgehead atoms. The maximum atomic E-state index is 14.2. The first-order chi connectivity index (χ1) is 24.1. The van der Waals surface area contributed by atoms with E-state index in [1.54, 1.807) is 20.2 Å². The van der Waals surface area contributed by atoms with Crippen LogP contribution in [0.15, 0.2) is 54.1 Å². The lowest BCUT2D eigenvalue weighted by molar-refractivity contribution is -0.142. The van der Waals surface area contributed by atoms with Gasteiger partial charge in [-0.15, -0.1) is 0 Å². The van der Waals surface area contributed by atoms with Crippen LogP contribution in [0.25, 0.3) is 0 Å². The molecule has 1 aromatic carbocycles. The molecule has 0 aromatic heterocycles. The molecule has 1 aliphatic rings. The second-order valence-corrected chi connectivity index (χ2v) is 15.4. The summed E-state index contributed by atoms with van der Waals surface area (Å²) >= 11 is 0. The van der Waals surface area contributed by atoms with Crippen LogP contribution in [0.4, 0.5) is 0 Å². The quantitative estimate of drug-likeness (QED) is 0.123. The van der Waals surface area contributed by atoms with E-state index >= 15 is 0 Å². The van der Waals surface area contributed by atoms with E-state index in [1.165, 1.54) is 11.8 Å². The van der Waals surface area contributed by atoms with E-state index in [-0.39, 0.29) is 61.3 Å². The van der Waals surface area contributed by atoms with Crippen molar-refractivity contribution in [2.75, 3.05) is 20.6 Å². The Hall–Kier alpha value is -4.65. The first kappa shape index (κ1) is 43.5. The van der Waals surface area contributed by atoms with Gasteiger partial charge in [0.15, 0.2) is 0 Å². The van der Waals surface area contributed by atoms with Crippen LogP contribution in [0.1, 0.15) is 86.6 Å². The molecule has 0 saturated heterocycles. The van der Waals surface area contributed by atoms with Crippen molar-refractivity contribution in [3.8, 4) is 0 Å². The molecule has 4 N–H and O–H groups in total. The highest BCUT2D eigenvalue weighted by atomic mass is 16.4. The fourth-order valence-electron chi connectivity index (χ4n) is 6.21. The highest BCUT2D eigenvalue weighted by Gasteiger charge is 2.41. The van der Waals surface area contributed by atoms with E-state index in [9.17, 15) is 38.7 Å². The van der Waals surface area contributed by atoms with Crippen molar-refractivity contribution in [1.29, 1.82) is 0 Å². The van der Waals surface area contributed by atoms with Gasteiger partial charge in [-0.25, -0.2) is 4.79 Å². The Morgan fingerprint density at radius 2 is 1.48 bits per heavy atom. The van der Waals surface area contributed by atoms with Gasteiger partial charge in [0.1, 0.15) is 17.9 Å². The van der Waals surface area contributed by atoms with Crippen molar-refractivity contribution in [1.82, 2.24) is 25.8 Å². The largest absolute Gasteiger partial charge is 0.480 e. The Kier molecular flexibility index (Phi) is 15.7. The molecule has 13 nitrogen and oxygen atoms in total. The topological polar surface area (TPSA) is 182 Å². The van der Waals surface area contributed by atoms with Gasteiger partial charge >= 0.3 is 5.97 Å². The lowest BCUT2D eigenvalue weighted by atomic mass is 9.76. The van der Waals surface area contributed by atoms with Gasteiger partial charge < -0.3 is 26.0 Å². The Labute approximate surface area is 307 Å². The summed E-state index contributed by atoms with van der Waals surface area (Å²) in [6.07, 6.45) is 3.95. The average molecular weight is 724 g/mol. The first-order valence-electron chi connectivity index (χ1n) is 17.7. The second kappa shape index (κ2) is 18.7. The third-order valence-electron chi connectivity index (χ3n) is 9.50. The van der Waals surface area contributed by atoms with E-state index in [0.717, 1.165) is 22.6 Å². The number of likely N-dealkylation sites (N-methyl/N-ethyl adjacent to an activating group) is 2. The van der Waals surface area contributed by atoms with Crippen molar-refractivity contribution < 1.29 is 38.7 Å². The van der Waals surface area contributed by atoms with Gasteiger partial charge in [0.2, 0.25) is 17.7 Å². The molecule has 1 heterocycles. The molecular weight excluding hydrogens is 666 g/mol. The number of carboxylic acids is 1. The molecule has 0 saturated carbocycles. The van der Waals surface area contributed by atoms with E-state index in [2.05, 4.69) is 16.0 Å². The fourth-order valence-corrected chi connectivity index (χ4v) is 6.21. The summed E-state index contributed by atoms with van der Waals surface area (Å²) in [7, 11) is 3.32. The minimum Gasteiger partial charge on any atom is -0.480 e. The molecule has 4 atom stereocenters. The molecule has 1 aliphatic heterocycles. The maximum absolute atomic E-state index is 14.2. The predicted octanol–water partition coefficient (Wildman–Crippen LogP) is 3.14. The smallest absolute Gasteiger partial charge is 0.326 e. The van der Waals surface area contributed by atoms with Crippen LogP contribution in [-0.4, -0.2) is 101 Å². The highest BCUT2D eigenvalue weighted by Crippen LogP contribution is 2.29. The monoisotopic (exact) mass is 723 g/mol. The number of carbonyl (C=O) groups excluding carboxylic acids is 6. The molecule has 52 heavy (non-hydrogen) atoms. The van der Waals surface area contributed by atoms with Gasteiger partial charge in [0, 0.05) is 49.6 Å². The number of aliphatic carboxylic acids is 1. The SMILES string of the molecule is CN[C@H](C(=O)N[C@H](C(=O)N(C)[C@H](/C=C(\C)C(=O)N[C@H](CCC(=O)CCCN1C(=O)C=CC1=O)C(=O)O)C(C)C)C(C)(C)C)C(C)(C)c1ccccc1. The van der Waals surface area contributed by atoms with Crippen LogP contribution in [0.2, 0.25) is 0 Å². The van der Waals surface area contributed by atoms with Crippen LogP contribution in [0, 0.1) is 11.3 Å². The number of amides is 5. The summed E-state index contributed by atoms with van der Waals surface area (Å²) in [6, 6.07) is 6.14. The summed E-state index contributed by atoms with van der Waals surface area (Å²) in [6.45, 7) is 14.9. The lowest BCUT2D eigenvalue weighted by Gasteiger charge is -2.40. The zero-order valence-corrected chi connectivity index (χ0v) is 32.2. The maximum Gasteiger partial charge on any atom is 0.326 e. The third kappa shape index (κ3) is 11.7. The molecule has 2 rings (SSSR count). The number of imide groups is 1. The minimum absolute atomic E-state index is 0.0448. The number of carboxylic acid groups (broad SMARTS) is 1. The summed E-state index contributed by atoms with van der Waals surface area (Å²) in [5.74, 6) is -3.95. The normalized spacial score (nSPS) is 16.0. The zero-order valence-electron chi connectivity index (χ0n) is 32.2. The number of hydrogen-bond donors (Lipinski definition) is 4. The second-order valence-electron chi connectivity index (χ2n) is 15.4. The number of Topliss-reactive ketones (excluding diaryl/α,β-unsaturated/α-hetero) is 1. The molecule has 1 aromatic rings. The zero-order chi connectivity index (χ0) is 39.6. The van der Waals surface area contributed by atoms with Crippen molar-refractivity contribution in [3.63, 3.8) is 0 Å². The van der Waals surface area contributed by atoms with Gasteiger partial charge in [0.25, 0.3) is 11.8 Å². The van der Waals surface area contributed by atoms with Crippen LogP contribution in [0.3, 0.4) is 0 Å². The van der Waals surface area contributed by atoms with Crippen molar-refractivity contribution >= 4 is 41.3 Å². The van der Waals surface area contributed by atoms with E-state index in [0.29, 0.717) is 0 Å². The van der Waals surface area contributed by atoms with Crippen LogP contribution < -0.4 is 16.0 Å². The average Bonchev–Trinajstić information content (AvgIpc) is 3.39. The van der Waals surface area contributed by atoms with Gasteiger partial charge in [0.05, 0.1) is 12.1 Å². The number of hydrogen-bond acceptors (Lipinski definition) is 8. The number of rotatable bonds is 19. The molecule has 0 aliphatic carbocycles. The number of nitrogens with one attached hydrogen (secondary N) is 3. The Bertz CT molecular complexity index is 1520. The summed E-state index contributed by atoms with van der Waals surface area (Å²) in [4.78, 5) is 91.6. The predicted molar refractivity (Wildman–Crippen MR) is 198 cm³/mol. The van der Waals surface area contributed by atoms with Crippen molar-refractivity contribution in [2.45, 2.75) is 111 Å². The highest BCUT2D eigenvalue weighted by molar-refractivity contribution is 6.12. The Morgan fingerprint density at radius 3 is 1.98 bits per heavy atom. The van der Waals surface area contributed by atoms with E-state index < -0.39 is 58.7 Å². The molecule has 13 heteroatoms. The number of carbonyl (C=O) groups is 7. The molecule has 5 amide bonds. The van der Waals surface area contributed by atoms with Gasteiger partial charge in [-0.05, 0) is 43.7 Å². The number of nitrogens with zero attached hydrogens (tertiary/aromatic N) is 2.